The molecular formula is C10H12FN2. The summed E-state index contributed by atoms with van der Waals surface area (Å²) < 4.78 is 12.8. The third kappa shape index (κ3) is 2.25. The number of nitrogens with zero attached hydrogens (tertiary/aromatic N) is 2. The molecule has 0 aliphatic carbocycles. The Morgan fingerprint density at radius 2 is 2.62 bits per heavy atom. The summed E-state index contributed by atoms with van der Waals surface area (Å²) in [5.41, 5.74) is 1.04. The van der Waals surface area contributed by atoms with E-state index in [0.29, 0.717) is 13.0 Å². The first kappa shape index (κ1) is 8.63. The molecule has 2 nitrogen and oxygen atoms in total. The molecule has 0 aromatic carbocycles. The standard InChI is InChI=1S/C10H12FN2/c11-10-3-5-13(8-10)7-9-2-1-4-12-6-9/h1-2,4,10H,3,5,7-8H2. The van der Waals surface area contributed by atoms with Crippen LogP contribution in [-0.4, -0.2) is 29.1 Å². The molecule has 1 fully saturated rings. The van der Waals surface area contributed by atoms with Crippen LogP contribution in [0.4, 0.5) is 4.39 Å². The molecular weight excluding hydrogens is 167 g/mol. The number of likely N-dealkylation sites (tertiary alicyclic amines) is 1. The highest BCUT2D eigenvalue weighted by Crippen LogP contribution is 2.14. The van der Waals surface area contributed by atoms with Crippen LogP contribution >= 0.6 is 0 Å². The van der Waals surface area contributed by atoms with Gasteiger partial charge in [-0.3, -0.25) is 9.88 Å². The fourth-order valence-corrected chi connectivity index (χ4v) is 1.62. The Morgan fingerprint density at radius 1 is 1.69 bits per heavy atom. The number of halogens is 1. The highest BCUT2D eigenvalue weighted by Gasteiger charge is 2.21. The van der Waals surface area contributed by atoms with E-state index >= 15 is 0 Å². The monoisotopic (exact) mass is 179 g/mol. The molecule has 69 valence electrons. The van der Waals surface area contributed by atoms with Crippen molar-refractivity contribution in [1.29, 1.82) is 0 Å². The lowest BCUT2D eigenvalue weighted by Crippen LogP contribution is -2.20. The van der Waals surface area contributed by atoms with E-state index in [2.05, 4.69) is 16.1 Å². The zero-order valence-corrected chi connectivity index (χ0v) is 7.41. The summed E-state index contributed by atoms with van der Waals surface area (Å²) in [5, 5.41) is 0. The Kier molecular flexibility index (Phi) is 2.54. The minimum Gasteiger partial charge on any atom is -0.296 e. The highest BCUT2D eigenvalue weighted by atomic mass is 19.1. The van der Waals surface area contributed by atoms with Gasteiger partial charge in [0.1, 0.15) is 6.17 Å². The van der Waals surface area contributed by atoms with Gasteiger partial charge in [0.2, 0.25) is 0 Å². The van der Waals surface area contributed by atoms with Crippen molar-refractivity contribution in [3.8, 4) is 0 Å². The fourth-order valence-electron chi connectivity index (χ4n) is 1.62. The van der Waals surface area contributed by atoms with Gasteiger partial charge < -0.3 is 0 Å². The van der Waals surface area contributed by atoms with Gasteiger partial charge in [0.05, 0.1) is 6.20 Å². The molecule has 1 radical (unpaired) electrons. The average molecular weight is 179 g/mol. The molecule has 1 aromatic rings. The van der Waals surface area contributed by atoms with E-state index in [9.17, 15) is 4.39 Å². The Hall–Kier alpha value is -0.960. The first-order valence-corrected chi connectivity index (χ1v) is 4.52. The smallest absolute Gasteiger partial charge is 0.114 e. The topological polar surface area (TPSA) is 16.1 Å². The second kappa shape index (κ2) is 3.83. The van der Waals surface area contributed by atoms with Crippen LogP contribution in [0.25, 0.3) is 0 Å². The molecule has 3 heteroatoms. The van der Waals surface area contributed by atoms with E-state index in [0.717, 1.165) is 18.7 Å². The molecule has 0 N–H and O–H groups in total. The first-order valence-electron chi connectivity index (χ1n) is 4.52. The second-order valence-electron chi connectivity index (χ2n) is 3.40. The predicted octanol–water partition coefficient (Wildman–Crippen LogP) is 1.43. The highest BCUT2D eigenvalue weighted by molar-refractivity contribution is 5.07. The zero-order chi connectivity index (χ0) is 9.10. The fraction of sp³-hybridized carbons (Fsp3) is 0.500. The van der Waals surface area contributed by atoms with Gasteiger partial charge in [-0.05, 0) is 18.1 Å². The Morgan fingerprint density at radius 3 is 3.23 bits per heavy atom. The van der Waals surface area contributed by atoms with E-state index in [4.69, 9.17) is 0 Å². The summed E-state index contributed by atoms with van der Waals surface area (Å²) in [7, 11) is 0. The van der Waals surface area contributed by atoms with Crippen LogP contribution in [0.15, 0.2) is 18.3 Å². The van der Waals surface area contributed by atoms with Crippen molar-refractivity contribution in [2.75, 3.05) is 13.1 Å². The molecule has 1 aromatic heterocycles. The maximum Gasteiger partial charge on any atom is 0.114 e. The van der Waals surface area contributed by atoms with Crippen LogP contribution in [-0.2, 0) is 6.54 Å². The van der Waals surface area contributed by atoms with Crippen LogP contribution in [0.1, 0.15) is 12.0 Å². The quantitative estimate of drug-likeness (QED) is 0.682. The number of aromatic nitrogens is 1. The number of rotatable bonds is 2. The average Bonchev–Trinajstić information content (AvgIpc) is 2.53. The van der Waals surface area contributed by atoms with Gasteiger partial charge in [-0.15, -0.1) is 0 Å². The maximum absolute atomic E-state index is 12.8. The van der Waals surface area contributed by atoms with Crippen LogP contribution in [0.3, 0.4) is 0 Å². The van der Waals surface area contributed by atoms with E-state index < -0.39 is 6.17 Å². The Balaban J connectivity index is 1.92. The molecule has 1 unspecified atom stereocenters. The van der Waals surface area contributed by atoms with Crippen LogP contribution in [0.5, 0.6) is 0 Å². The molecule has 1 saturated heterocycles. The zero-order valence-electron chi connectivity index (χ0n) is 7.41. The van der Waals surface area contributed by atoms with Crippen LogP contribution in [0.2, 0.25) is 0 Å². The number of hydrogen-bond donors (Lipinski definition) is 0. The largest absolute Gasteiger partial charge is 0.296 e. The van der Waals surface area contributed by atoms with E-state index in [1.54, 1.807) is 6.20 Å². The van der Waals surface area contributed by atoms with Crippen LogP contribution in [0, 0.1) is 6.20 Å². The lowest BCUT2D eigenvalue weighted by molar-refractivity contribution is 0.282. The van der Waals surface area contributed by atoms with Gasteiger partial charge in [-0.2, -0.15) is 0 Å². The van der Waals surface area contributed by atoms with Crippen molar-refractivity contribution in [3.05, 3.63) is 30.1 Å². The molecule has 0 bridgehead atoms. The van der Waals surface area contributed by atoms with Crippen molar-refractivity contribution >= 4 is 0 Å². The maximum atomic E-state index is 12.8. The minimum absolute atomic E-state index is 0.558. The van der Waals surface area contributed by atoms with E-state index in [1.807, 2.05) is 12.1 Å². The van der Waals surface area contributed by atoms with Crippen LogP contribution < -0.4 is 0 Å². The normalized spacial score (nSPS) is 23.6. The van der Waals surface area contributed by atoms with Crippen molar-refractivity contribution in [3.63, 3.8) is 0 Å². The Labute approximate surface area is 77.4 Å². The van der Waals surface area contributed by atoms with Gasteiger partial charge in [-0.1, -0.05) is 6.07 Å². The third-order valence-electron chi connectivity index (χ3n) is 2.27. The van der Waals surface area contributed by atoms with E-state index in [-0.39, 0.29) is 0 Å². The summed E-state index contributed by atoms with van der Waals surface area (Å²) in [6.07, 6.45) is 4.62. The molecule has 0 spiro atoms. The molecule has 13 heavy (non-hydrogen) atoms. The summed E-state index contributed by atoms with van der Waals surface area (Å²) in [4.78, 5) is 6.00. The van der Waals surface area contributed by atoms with Gasteiger partial charge >= 0.3 is 0 Å². The lowest BCUT2D eigenvalue weighted by atomic mass is 10.3. The first-order chi connectivity index (χ1) is 6.34. The summed E-state index contributed by atoms with van der Waals surface area (Å²) in [6, 6.07) is 3.85. The molecule has 0 saturated carbocycles. The summed E-state index contributed by atoms with van der Waals surface area (Å²) >= 11 is 0. The minimum atomic E-state index is -0.642. The third-order valence-corrected chi connectivity index (χ3v) is 2.27. The van der Waals surface area contributed by atoms with Gasteiger partial charge in [0.25, 0.3) is 0 Å². The van der Waals surface area contributed by atoms with E-state index in [1.165, 1.54) is 0 Å². The van der Waals surface area contributed by atoms with Crippen molar-refractivity contribution in [2.45, 2.75) is 19.1 Å². The summed E-state index contributed by atoms with van der Waals surface area (Å²) in [5.74, 6) is 0. The van der Waals surface area contributed by atoms with Crippen molar-refractivity contribution < 1.29 is 4.39 Å². The van der Waals surface area contributed by atoms with Gasteiger partial charge in [0, 0.05) is 25.8 Å². The lowest BCUT2D eigenvalue weighted by Gasteiger charge is -2.13. The predicted molar refractivity (Wildman–Crippen MR) is 47.9 cm³/mol. The molecule has 2 rings (SSSR count). The number of alkyl halides is 1. The number of pyridine rings is 1. The second-order valence-corrected chi connectivity index (χ2v) is 3.40. The number of hydrogen-bond acceptors (Lipinski definition) is 2. The molecule has 1 aliphatic heterocycles. The molecule has 1 aliphatic rings. The van der Waals surface area contributed by atoms with Crippen molar-refractivity contribution in [1.82, 2.24) is 9.88 Å². The van der Waals surface area contributed by atoms with Gasteiger partial charge in [0.15, 0.2) is 0 Å². The Bertz CT molecular complexity index is 263. The van der Waals surface area contributed by atoms with Gasteiger partial charge in [-0.25, -0.2) is 4.39 Å². The van der Waals surface area contributed by atoms with Crippen molar-refractivity contribution in [2.24, 2.45) is 0 Å². The summed E-state index contributed by atoms with van der Waals surface area (Å²) in [6.45, 7) is 2.18. The molecule has 2 heterocycles. The molecule has 0 amide bonds. The SMILES string of the molecule is FC1CCN(Cc2[c]nccc2)C1. The molecule has 1 atom stereocenters.